The van der Waals surface area contributed by atoms with Gasteiger partial charge in [0.05, 0.1) is 24.2 Å². The fraction of sp³-hybridized carbons (Fsp3) is 0.304. The highest BCUT2D eigenvalue weighted by Crippen LogP contribution is 2.25. The SMILES string of the molecule is COC(=O)[C@H](C)Oc1ccc(Cl)cc1C=Nn1c(C(C)(C)C)nc2ccc(Br)cc2c1=O. The van der Waals surface area contributed by atoms with Gasteiger partial charge in [-0.05, 0) is 43.3 Å². The van der Waals surface area contributed by atoms with Gasteiger partial charge in [0.2, 0.25) is 0 Å². The van der Waals surface area contributed by atoms with E-state index in [0.717, 1.165) is 4.47 Å². The minimum Gasteiger partial charge on any atom is -0.478 e. The molecular weight excluding hydrogens is 498 g/mol. The first-order valence-electron chi connectivity index (χ1n) is 9.82. The number of fused-ring (bicyclic) bond motifs is 1. The third-order valence-electron chi connectivity index (χ3n) is 4.60. The van der Waals surface area contributed by atoms with Gasteiger partial charge < -0.3 is 9.47 Å². The summed E-state index contributed by atoms with van der Waals surface area (Å²) in [6.45, 7) is 7.45. The molecule has 0 amide bonds. The quantitative estimate of drug-likeness (QED) is 0.352. The summed E-state index contributed by atoms with van der Waals surface area (Å²) in [6.07, 6.45) is 0.633. The number of rotatable bonds is 5. The van der Waals surface area contributed by atoms with E-state index >= 15 is 0 Å². The van der Waals surface area contributed by atoms with Crippen molar-refractivity contribution >= 4 is 50.6 Å². The van der Waals surface area contributed by atoms with E-state index in [0.29, 0.717) is 33.1 Å². The molecule has 1 aromatic heterocycles. The molecule has 1 atom stereocenters. The monoisotopic (exact) mass is 519 g/mol. The van der Waals surface area contributed by atoms with E-state index in [-0.39, 0.29) is 5.56 Å². The van der Waals surface area contributed by atoms with Gasteiger partial charge in [0.1, 0.15) is 11.6 Å². The van der Waals surface area contributed by atoms with Gasteiger partial charge in [-0.25, -0.2) is 9.78 Å². The molecule has 0 aliphatic rings. The van der Waals surface area contributed by atoms with Crippen LogP contribution in [0.15, 0.2) is 50.8 Å². The van der Waals surface area contributed by atoms with Crippen LogP contribution in [0.25, 0.3) is 10.9 Å². The van der Waals surface area contributed by atoms with Crippen molar-refractivity contribution in [3.8, 4) is 5.75 Å². The molecular formula is C23H23BrClN3O4. The molecule has 0 saturated carbocycles. The Morgan fingerprint density at radius 1 is 1.25 bits per heavy atom. The van der Waals surface area contributed by atoms with Crippen molar-refractivity contribution in [2.45, 2.75) is 39.2 Å². The number of halogens is 2. The number of nitrogens with zero attached hydrogens (tertiary/aromatic N) is 3. The van der Waals surface area contributed by atoms with Gasteiger partial charge in [0.25, 0.3) is 5.56 Å². The predicted molar refractivity (Wildman–Crippen MR) is 129 cm³/mol. The van der Waals surface area contributed by atoms with Crippen LogP contribution < -0.4 is 10.3 Å². The van der Waals surface area contributed by atoms with Crippen LogP contribution in [0.5, 0.6) is 5.75 Å². The first-order chi connectivity index (χ1) is 15.0. The normalized spacial score (nSPS) is 12.8. The van der Waals surface area contributed by atoms with Gasteiger partial charge in [-0.2, -0.15) is 9.78 Å². The molecule has 3 rings (SSSR count). The van der Waals surface area contributed by atoms with Crippen molar-refractivity contribution in [2.75, 3.05) is 7.11 Å². The van der Waals surface area contributed by atoms with Gasteiger partial charge in [-0.1, -0.05) is 48.3 Å². The fourth-order valence-electron chi connectivity index (χ4n) is 2.99. The smallest absolute Gasteiger partial charge is 0.346 e. The number of methoxy groups -OCH3 is 1. The lowest BCUT2D eigenvalue weighted by Gasteiger charge is -2.21. The maximum atomic E-state index is 13.3. The predicted octanol–water partition coefficient (Wildman–Crippen LogP) is 4.93. The van der Waals surface area contributed by atoms with Gasteiger partial charge in [-0.15, -0.1) is 0 Å². The molecule has 0 saturated heterocycles. The minimum atomic E-state index is -0.833. The molecule has 168 valence electrons. The average Bonchev–Trinajstić information content (AvgIpc) is 2.73. The van der Waals surface area contributed by atoms with Crippen LogP contribution in [0.1, 0.15) is 39.1 Å². The Morgan fingerprint density at radius 3 is 2.62 bits per heavy atom. The summed E-state index contributed by atoms with van der Waals surface area (Å²) in [4.78, 5) is 29.8. The molecule has 0 radical (unpaired) electrons. The number of hydrogen-bond acceptors (Lipinski definition) is 6. The van der Waals surface area contributed by atoms with Crippen molar-refractivity contribution in [2.24, 2.45) is 5.10 Å². The summed E-state index contributed by atoms with van der Waals surface area (Å²) in [5, 5.41) is 5.33. The number of hydrogen-bond donors (Lipinski definition) is 0. The molecule has 32 heavy (non-hydrogen) atoms. The number of ether oxygens (including phenoxy) is 2. The Bertz CT molecular complexity index is 1260. The third kappa shape index (κ3) is 5.19. The molecule has 0 unspecified atom stereocenters. The second-order valence-electron chi connectivity index (χ2n) is 8.17. The Labute approximate surface area is 199 Å². The molecule has 0 N–H and O–H groups in total. The maximum absolute atomic E-state index is 13.3. The van der Waals surface area contributed by atoms with Gasteiger partial charge in [-0.3, -0.25) is 4.79 Å². The summed E-state index contributed by atoms with van der Waals surface area (Å²) < 4.78 is 12.5. The average molecular weight is 521 g/mol. The molecule has 0 bridgehead atoms. The van der Waals surface area contributed by atoms with Crippen molar-refractivity contribution < 1.29 is 14.3 Å². The Hall–Kier alpha value is -2.71. The highest BCUT2D eigenvalue weighted by molar-refractivity contribution is 9.10. The van der Waals surface area contributed by atoms with Crippen LogP contribution in [-0.2, 0) is 14.9 Å². The standard InChI is InChI=1S/C23H23BrClN3O4/c1-13(21(30)31-5)32-19-9-7-16(25)10-14(19)12-26-28-20(29)17-11-15(24)6-8-18(17)27-22(28)23(2,3)4/h6-13H,1-5H3/t13-/m0/s1. The Balaban J connectivity index is 2.14. The summed E-state index contributed by atoms with van der Waals surface area (Å²) in [5.74, 6) is 0.359. The van der Waals surface area contributed by atoms with Gasteiger partial charge >= 0.3 is 5.97 Å². The van der Waals surface area contributed by atoms with Crippen LogP contribution in [0, 0.1) is 0 Å². The highest BCUT2D eigenvalue weighted by Gasteiger charge is 2.23. The summed E-state index contributed by atoms with van der Waals surface area (Å²) >= 11 is 9.56. The molecule has 9 heteroatoms. The zero-order chi connectivity index (χ0) is 23.6. The van der Waals surface area contributed by atoms with Crippen molar-refractivity contribution in [3.63, 3.8) is 0 Å². The zero-order valence-corrected chi connectivity index (χ0v) is 20.7. The number of carbonyl (C=O) groups excluding carboxylic acids is 1. The number of carbonyl (C=O) groups is 1. The van der Waals surface area contributed by atoms with Crippen LogP contribution in [0.3, 0.4) is 0 Å². The lowest BCUT2D eigenvalue weighted by atomic mass is 9.95. The van der Waals surface area contributed by atoms with Gasteiger partial charge in [0.15, 0.2) is 6.10 Å². The number of esters is 1. The van der Waals surface area contributed by atoms with E-state index < -0.39 is 17.5 Å². The number of benzene rings is 2. The maximum Gasteiger partial charge on any atom is 0.346 e. The largest absolute Gasteiger partial charge is 0.478 e. The summed E-state index contributed by atoms with van der Waals surface area (Å²) in [6, 6.07) is 10.3. The van der Waals surface area contributed by atoms with E-state index in [1.54, 1.807) is 37.3 Å². The lowest BCUT2D eigenvalue weighted by molar-refractivity contribution is -0.147. The fourth-order valence-corrected chi connectivity index (χ4v) is 3.53. The van der Waals surface area contributed by atoms with Gasteiger partial charge in [0, 0.05) is 20.5 Å². The minimum absolute atomic E-state index is 0.301. The van der Waals surface area contributed by atoms with Crippen molar-refractivity contribution in [1.29, 1.82) is 0 Å². The molecule has 3 aromatic rings. The van der Waals surface area contributed by atoms with Crippen molar-refractivity contribution in [3.05, 3.63) is 67.6 Å². The van der Waals surface area contributed by atoms with E-state index in [4.69, 9.17) is 26.1 Å². The number of aromatic nitrogens is 2. The second-order valence-corrected chi connectivity index (χ2v) is 9.53. The van der Waals surface area contributed by atoms with E-state index in [2.05, 4.69) is 21.0 Å². The highest BCUT2D eigenvalue weighted by atomic mass is 79.9. The van der Waals surface area contributed by atoms with Crippen LogP contribution in [0.2, 0.25) is 5.02 Å². The first-order valence-corrected chi connectivity index (χ1v) is 11.0. The van der Waals surface area contributed by atoms with E-state index in [1.807, 2.05) is 26.8 Å². The lowest BCUT2D eigenvalue weighted by Crippen LogP contribution is -2.29. The Kier molecular flexibility index (Phi) is 7.05. The molecule has 0 spiro atoms. The summed E-state index contributed by atoms with van der Waals surface area (Å²) in [7, 11) is 1.29. The topological polar surface area (TPSA) is 82.8 Å². The summed E-state index contributed by atoms with van der Waals surface area (Å²) in [5.41, 5.74) is 0.331. The first kappa shape index (κ1) is 23.9. The Morgan fingerprint density at radius 2 is 1.97 bits per heavy atom. The van der Waals surface area contributed by atoms with E-state index in [9.17, 15) is 9.59 Å². The third-order valence-corrected chi connectivity index (χ3v) is 5.33. The molecule has 7 nitrogen and oxygen atoms in total. The molecule has 0 aliphatic carbocycles. The van der Waals surface area contributed by atoms with Crippen LogP contribution in [0.4, 0.5) is 0 Å². The molecule has 0 aliphatic heterocycles. The molecule has 0 fully saturated rings. The van der Waals surface area contributed by atoms with Crippen LogP contribution in [-0.4, -0.2) is 35.1 Å². The van der Waals surface area contributed by atoms with Crippen LogP contribution >= 0.6 is 27.5 Å². The zero-order valence-electron chi connectivity index (χ0n) is 18.3. The molecule has 1 heterocycles. The molecule has 2 aromatic carbocycles. The second kappa shape index (κ2) is 9.42. The van der Waals surface area contributed by atoms with E-state index in [1.165, 1.54) is 18.0 Å². The van der Waals surface area contributed by atoms with Crippen molar-refractivity contribution in [1.82, 2.24) is 9.66 Å².